The Morgan fingerprint density at radius 1 is 1.22 bits per heavy atom. The zero-order valence-corrected chi connectivity index (χ0v) is 11.8. The molecule has 0 aromatic heterocycles. The summed E-state index contributed by atoms with van der Waals surface area (Å²) in [6.07, 6.45) is 0. The molecule has 0 saturated carbocycles. The summed E-state index contributed by atoms with van der Waals surface area (Å²) in [5, 5.41) is 4.66. The average molecular weight is 289 g/mol. The highest BCUT2D eigenvalue weighted by Crippen LogP contribution is 2.25. The summed E-state index contributed by atoms with van der Waals surface area (Å²) in [5.41, 5.74) is 1.05. The van der Waals surface area contributed by atoms with Crippen LogP contribution >= 0.6 is 23.2 Å². The molecule has 0 spiro atoms. The summed E-state index contributed by atoms with van der Waals surface area (Å²) >= 11 is 12.1. The number of morpholine rings is 1. The second kappa shape index (κ2) is 7.31. The van der Waals surface area contributed by atoms with E-state index in [1.165, 1.54) is 0 Å². The highest BCUT2D eigenvalue weighted by Gasteiger charge is 2.09. The van der Waals surface area contributed by atoms with Gasteiger partial charge in [0.1, 0.15) is 0 Å². The molecule has 1 heterocycles. The fourth-order valence-corrected chi connectivity index (χ4v) is 2.36. The lowest BCUT2D eigenvalue weighted by Crippen LogP contribution is -2.40. The molecule has 1 N–H and O–H groups in total. The molecule has 3 nitrogen and oxygen atoms in total. The number of benzene rings is 1. The Balaban J connectivity index is 1.70. The number of ether oxygens (including phenoxy) is 1. The first-order chi connectivity index (χ1) is 8.77. The molecule has 1 aromatic carbocycles. The molecule has 0 amide bonds. The van der Waals surface area contributed by atoms with E-state index >= 15 is 0 Å². The van der Waals surface area contributed by atoms with Crippen LogP contribution in [-0.2, 0) is 11.3 Å². The van der Waals surface area contributed by atoms with Gasteiger partial charge in [0.2, 0.25) is 0 Å². The van der Waals surface area contributed by atoms with Crippen molar-refractivity contribution in [2.45, 2.75) is 6.54 Å². The van der Waals surface area contributed by atoms with Crippen molar-refractivity contribution in [1.29, 1.82) is 0 Å². The van der Waals surface area contributed by atoms with Crippen molar-refractivity contribution in [2.75, 3.05) is 39.4 Å². The van der Waals surface area contributed by atoms with Gasteiger partial charge in [-0.2, -0.15) is 0 Å². The van der Waals surface area contributed by atoms with Gasteiger partial charge in [-0.3, -0.25) is 4.90 Å². The first-order valence-corrected chi connectivity index (χ1v) is 6.96. The molecule has 18 heavy (non-hydrogen) atoms. The molecular formula is C13H18Cl2N2O. The maximum atomic E-state index is 6.12. The summed E-state index contributed by atoms with van der Waals surface area (Å²) in [5.74, 6) is 0. The van der Waals surface area contributed by atoms with E-state index in [2.05, 4.69) is 10.2 Å². The first-order valence-electron chi connectivity index (χ1n) is 6.21. The first kappa shape index (κ1) is 14.1. The van der Waals surface area contributed by atoms with Crippen LogP contribution in [0.2, 0.25) is 10.0 Å². The SMILES string of the molecule is Clc1cccc(CNCCN2CCOCC2)c1Cl. The lowest BCUT2D eigenvalue weighted by Gasteiger charge is -2.26. The molecular weight excluding hydrogens is 271 g/mol. The van der Waals surface area contributed by atoms with E-state index in [-0.39, 0.29) is 0 Å². The van der Waals surface area contributed by atoms with E-state index in [0.29, 0.717) is 10.0 Å². The van der Waals surface area contributed by atoms with Crippen molar-refractivity contribution in [3.8, 4) is 0 Å². The Kier molecular flexibility index (Phi) is 5.73. The Labute approximate surface area is 118 Å². The predicted molar refractivity (Wildman–Crippen MR) is 75.4 cm³/mol. The van der Waals surface area contributed by atoms with Gasteiger partial charge in [0, 0.05) is 32.7 Å². The van der Waals surface area contributed by atoms with Crippen LogP contribution in [0.25, 0.3) is 0 Å². The van der Waals surface area contributed by atoms with Gasteiger partial charge in [-0.05, 0) is 11.6 Å². The average Bonchev–Trinajstić information content (AvgIpc) is 2.40. The zero-order chi connectivity index (χ0) is 12.8. The van der Waals surface area contributed by atoms with Crippen LogP contribution in [0, 0.1) is 0 Å². The minimum absolute atomic E-state index is 0.615. The minimum Gasteiger partial charge on any atom is -0.379 e. The quantitative estimate of drug-likeness (QED) is 0.843. The van der Waals surface area contributed by atoms with Gasteiger partial charge in [-0.1, -0.05) is 35.3 Å². The number of hydrogen-bond acceptors (Lipinski definition) is 3. The second-order valence-corrected chi connectivity index (χ2v) is 5.13. The van der Waals surface area contributed by atoms with Crippen molar-refractivity contribution in [3.63, 3.8) is 0 Å². The fourth-order valence-electron chi connectivity index (χ4n) is 1.97. The van der Waals surface area contributed by atoms with Crippen LogP contribution in [0.5, 0.6) is 0 Å². The normalized spacial score (nSPS) is 17.0. The van der Waals surface area contributed by atoms with Crippen molar-refractivity contribution in [2.24, 2.45) is 0 Å². The highest BCUT2D eigenvalue weighted by molar-refractivity contribution is 6.42. The lowest BCUT2D eigenvalue weighted by molar-refractivity contribution is 0.0384. The third kappa shape index (κ3) is 4.11. The van der Waals surface area contributed by atoms with Crippen LogP contribution in [0.1, 0.15) is 5.56 Å². The number of nitrogens with zero attached hydrogens (tertiary/aromatic N) is 1. The van der Waals surface area contributed by atoms with Crippen molar-refractivity contribution in [3.05, 3.63) is 33.8 Å². The standard InChI is InChI=1S/C13H18Cl2N2O/c14-12-3-1-2-11(13(12)15)10-16-4-5-17-6-8-18-9-7-17/h1-3,16H,4-10H2. The van der Waals surface area contributed by atoms with Gasteiger partial charge in [-0.25, -0.2) is 0 Å². The summed E-state index contributed by atoms with van der Waals surface area (Å²) in [7, 11) is 0. The summed E-state index contributed by atoms with van der Waals surface area (Å²) in [6.45, 7) is 6.49. The largest absolute Gasteiger partial charge is 0.379 e. The number of hydrogen-bond donors (Lipinski definition) is 1. The molecule has 1 aliphatic rings. The molecule has 100 valence electrons. The fraction of sp³-hybridized carbons (Fsp3) is 0.538. The molecule has 1 saturated heterocycles. The van der Waals surface area contributed by atoms with E-state index in [1.807, 2.05) is 12.1 Å². The van der Waals surface area contributed by atoms with E-state index in [9.17, 15) is 0 Å². The molecule has 5 heteroatoms. The maximum absolute atomic E-state index is 6.12. The molecule has 1 aliphatic heterocycles. The van der Waals surface area contributed by atoms with E-state index < -0.39 is 0 Å². The molecule has 1 aromatic rings. The van der Waals surface area contributed by atoms with Gasteiger partial charge >= 0.3 is 0 Å². The Hall–Kier alpha value is -0.320. The van der Waals surface area contributed by atoms with Gasteiger partial charge in [0.05, 0.1) is 23.3 Å². The second-order valence-electron chi connectivity index (χ2n) is 4.34. The van der Waals surface area contributed by atoms with Gasteiger partial charge in [0.25, 0.3) is 0 Å². The summed E-state index contributed by atoms with van der Waals surface area (Å²) in [6, 6.07) is 5.73. The maximum Gasteiger partial charge on any atom is 0.0637 e. The molecule has 0 aliphatic carbocycles. The van der Waals surface area contributed by atoms with Gasteiger partial charge in [0.15, 0.2) is 0 Å². The van der Waals surface area contributed by atoms with Crippen LogP contribution in [0.4, 0.5) is 0 Å². The van der Waals surface area contributed by atoms with E-state index in [1.54, 1.807) is 6.07 Å². The van der Waals surface area contributed by atoms with E-state index in [4.69, 9.17) is 27.9 Å². The Bertz CT molecular complexity index is 381. The minimum atomic E-state index is 0.615. The number of nitrogens with one attached hydrogen (secondary N) is 1. The molecule has 0 unspecified atom stereocenters. The van der Waals surface area contributed by atoms with Crippen molar-refractivity contribution < 1.29 is 4.74 Å². The van der Waals surface area contributed by atoms with Crippen LogP contribution < -0.4 is 5.32 Å². The molecule has 2 rings (SSSR count). The molecule has 0 bridgehead atoms. The number of halogens is 2. The Morgan fingerprint density at radius 3 is 2.78 bits per heavy atom. The van der Waals surface area contributed by atoms with Gasteiger partial charge < -0.3 is 10.1 Å². The molecule has 1 fully saturated rings. The summed E-state index contributed by atoms with van der Waals surface area (Å²) in [4.78, 5) is 2.40. The third-order valence-electron chi connectivity index (χ3n) is 3.06. The lowest BCUT2D eigenvalue weighted by atomic mass is 10.2. The zero-order valence-electron chi connectivity index (χ0n) is 10.3. The predicted octanol–water partition coefficient (Wildman–Crippen LogP) is 2.42. The highest BCUT2D eigenvalue weighted by atomic mass is 35.5. The topological polar surface area (TPSA) is 24.5 Å². The third-order valence-corrected chi connectivity index (χ3v) is 3.91. The number of rotatable bonds is 5. The summed E-state index contributed by atoms with van der Waals surface area (Å²) < 4.78 is 5.31. The van der Waals surface area contributed by atoms with E-state index in [0.717, 1.165) is 51.5 Å². The van der Waals surface area contributed by atoms with Crippen LogP contribution in [-0.4, -0.2) is 44.3 Å². The van der Waals surface area contributed by atoms with Crippen molar-refractivity contribution in [1.82, 2.24) is 10.2 Å². The molecule has 0 atom stereocenters. The monoisotopic (exact) mass is 288 g/mol. The van der Waals surface area contributed by atoms with Crippen molar-refractivity contribution >= 4 is 23.2 Å². The Morgan fingerprint density at radius 2 is 2.00 bits per heavy atom. The van der Waals surface area contributed by atoms with Gasteiger partial charge in [-0.15, -0.1) is 0 Å². The van der Waals surface area contributed by atoms with Crippen LogP contribution in [0.3, 0.4) is 0 Å². The molecule has 0 radical (unpaired) electrons. The van der Waals surface area contributed by atoms with Crippen LogP contribution in [0.15, 0.2) is 18.2 Å². The smallest absolute Gasteiger partial charge is 0.0637 e.